The van der Waals surface area contributed by atoms with Gasteiger partial charge in [-0.2, -0.15) is 0 Å². The van der Waals surface area contributed by atoms with Gasteiger partial charge < -0.3 is 14.2 Å². The highest BCUT2D eigenvalue weighted by atomic mass is 32.2. The zero-order chi connectivity index (χ0) is 29.6. The van der Waals surface area contributed by atoms with Crippen molar-refractivity contribution in [2.75, 3.05) is 6.61 Å². The Morgan fingerprint density at radius 2 is 1.20 bits per heavy atom. The lowest BCUT2D eigenvalue weighted by Gasteiger charge is -2.27. The van der Waals surface area contributed by atoms with Crippen LogP contribution in [0.3, 0.4) is 0 Å². The predicted octanol–water partition coefficient (Wildman–Crippen LogP) is 7.98. The summed E-state index contributed by atoms with van der Waals surface area (Å²) < 4.78 is 79.4. The van der Waals surface area contributed by atoms with Gasteiger partial charge in [0.1, 0.15) is 23.1 Å². The van der Waals surface area contributed by atoms with Crippen LogP contribution in [0.2, 0.25) is 0 Å². The van der Waals surface area contributed by atoms with Crippen molar-refractivity contribution in [2.24, 2.45) is 0 Å². The van der Waals surface area contributed by atoms with Crippen molar-refractivity contribution in [3.05, 3.63) is 127 Å². The van der Waals surface area contributed by atoms with Gasteiger partial charge in [-0.15, -0.1) is 13.2 Å². The predicted molar refractivity (Wildman–Crippen MR) is 144 cm³/mol. The van der Waals surface area contributed by atoms with Crippen LogP contribution in [0.15, 0.2) is 124 Å². The molecule has 0 fully saturated rings. The maximum Gasteiger partial charge on any atom is 0.573 e. The van der Waals surface area contributed by atoms with E-state index in [4.69, 9.17) is 9.47 Å². The minimum atomic E-state index is -4.82. The molecule has 4 nitrogen and oxygen atoms in total. The second kappa shape index (κ2) is 12.5. The summed E-state index contributed by atoms with van der Waals surface area (Å²) in [5, 5.41) is 0. The number of halogens is 5. The highest BCUT2D eigenvalue weighted by molar-refractivity contribution is 7.97. The molecule has 1 atom stereocenters. The smallest absolute Gasteiger partial charge is 0.482 e. The van der Waals surface area contributed by atoms with E-state index in [9.17, 15) is 26.7 Å². The first-order chi connectivity index (χ1) is 19.5. The fourth-order valence-corrected chi connectivity index (χ4v) is 5.88. The fraction of sp³-hybridized carbons (Fsp3) is 0.129. The average molecular weight is 588 g/mol. The number of benzene rings is 4. The van der Waals surface area contributed by atoms with Crippen molar-refractivity contribution in [1.82, 2.24) is 0 Å². The number of carbonyl (C=O) groups excluding carboxylic acids is 1. The van der Waals surface area contributed by atoms with Gasteiger partial charge in [0, 0.05) is 0 Å². The Hall–Kier alpha value is -4.31. The third-order valence-electron chi connectivity index (χ3n) is 5.89. The Labute approximate surface area is 236 Å². The summed E-state index contributed by atoms with van der Waals surface area (Å²) in [6.07, 6.45) is -3.47. The molecule has 0 spiro atoms. The molecule has 0 bridgehead atoms. The standard InChI is InChI=1S/C31H24F5O4S/c1-3-30(2,21-4-10-25(11-5-21)39-31(34,35)36)40-29(37)20-38-24-12-18-28(19-13-24)41(26-14-6-22(32)7-15-26)27-16-8-23(33)9-17-27/h3-19H,1,20H2,2H3/q+1. The van der Waals surface area contributed by atoms with Crippen LogP contribution in [0.5, 0.6) is 11.5 Å². The maximum atomic E-state index is 13.6. The van der Waals surface area contributed by atoms with E-state index in [1.807, 2.05) is 0 Å². The van der Waals surface area contributed by atoms with Crippen LogP contribution in [0.4, 0.5) is 22.0 Å². The summed E-state index contributed by atoms with van der Waals surface area (Å²) in [5.41, 5.74) is -0.951. The lowest BCUT2D eigenvalue weighted by atomic mass is 9.96. The molecule has 4 aromatic carbocycles. The molecule has 0 saturated heterocycles. The molecular formula is C31H24F5O4S+. The Bertz CT molecular complexity index is 1430. The van der Waals surface area contributed by atoms with E-state index in [1.54, 1.807) is 48.5 Å². The number of esters is 1. The van der Waals surface area contributed by atoms with Crippen molar-refractivity contribution in [2.45, 2.75) is 33.6 Å². The third-order valence-corrected chi connectivity index (χ3v) is 8.12. The number of alkyl halides is 3. The van der Waals surface area contributed by atoms with Gasteiger partial charge in [-0.25, -0.2) is 13.6 Å². The first kappa shape index (κ1) is 29.7. The normalized spacial score (nSPS) is 12.9. The summed E-state index contributed by atoms with van der Waals surface area (Å²) in [5.74, 6) is -1.50. The Balaban J connectivity index is 1.43. The lowest BCUT2D eigenvalue weighted by Crippen LogP contribution is -2.29. The molecule has 0 aliphatic rings. The molecule has 0 aliphatic carbocycles. The van der Waals surface area contributed by atoms with Gasteiger partial charge in [0.05, 0.1) is 10.9 Å². The monoisotopic (exact) mass is 587 g/mol. The van der Waals surface area contributed by atoms with Crippen LogP contribution in [0.25, 0.3) is 0 Å². The molecule has 212 valence electrons. The molecule has 0 amide bonds. The third kappa shape index (κ3) is 7.88. The van der Waals surface area contributed by atoms with Crippen LogP contribution in [-0.2, 0) is 26.0 Å². The van der Waals surface area contributed by atoms with Crippen molar-refractivity contribution in [1.29, 1.82) is 0 Å². The Morgan fingerprint density at radius 3 is 1.63 bits per heavy atom. The summed E-state index contributed by atoms with van der Waals surface area (Å²) in [6, 6.07) is 24.0. The molecule has 1 unspecified atom stereocenters. The molecule has 0 aromatic heterocycles. The molecule has 41 heavy (non-hydrogen) atoms. The molecule has 0 radical (unpaired) electrons. The molecule has 4 aromatic rings. The van der Waals surface area contributed by atoms with E-state index < -0.39 is 41.2 Å². The van der Waals surface area contributed by atoms with Crippen molar-refractivity contribution >= 4 is 16.9 Å². The summed E-state index contributed by atoms with van der Waals surface area (Å²) in [4.78, 5) is 15.1. The maximum absolute atomic E-state index is 13.6. The number of hydrogen-bond acceptors (Lipinski definition) is 4. The van der Waals surface area contributed by atoms with Crippen LogP contribution in [-0.4, -0.2) is 18.9 Å². The number of carbonyl (C=O) groups is 1. The molecular weight excluding hydrogens is 563 g/mol. The van der Waals surface area contributed by atoms with Crippen LogP contribution in [0, 0.1) is 11.6 Å². The van der Waals surface area contributed by atoms with Crippen molar-refractivity contribution in [3.63, 3.8) is 0 Å². The second-order valence-corrected chi connectivity index (χ2v) is 10.9. The topological polar surface area (TPSA) is 44.8 Å². The Kier molecular flexibility index (Phi) is 9.02. The summed E-state index contributed by atoms with van der Waals surface area (Å²) >= 11 is 0. The summed E-state index contributed by atoms with van der Waals surface area (Å²) in [6.45, 7) is 4.77. The molecule has 0 aliphatic heterocycles. The lowest BCUT2D eigenvalue weighted by molar-refractivity contribution is -0.274. The number of ether oxygens (including phenoxy) is 3. The molecule has 0 N–H and O–H groups in total. The van der Waals surface area contributed by atoms with Gasteiger partial charge in [-0.3, -0.25) is 0 Å². The zero-order valence-electron chi connectivity index (χ0n) is 21.7. The molecule has 0 saturated carbocycles. The van der Waals surface area contributed by atoms with E-state index in [0.717, 1.165) is 26.8 Å². The zero-order valence-corrected chi connectivity index (χ0v) is 22.5. The van der Waals surface area contributed by atoms with Gasteiger partial charge in [-0.1, -0.05) is 18.7 Å². The van der Waals surface area contributed by atoms with Crippen molar-refractivity contribution in [3.8, 4) is 11.5 Å². The van der Waals surface area contributed by atoms with E-state index in [1.165, 1.54) is 49.4 Å². The van der Waals surface area contributed by atoms with E-state index in [-0.39, 0.29) is 11.6 Å². The van der Waals surface area contributed by atoms with Crippen molar-refractivity contribution < 1.29 is 41.0 Å². The minimum Gasteiger partial charge on any atom is -0.482 e. The van der Waals surface area contributed by atoms with Gasteiger partial charge in [0.25, 0.3) is 0 Å². The van der Waals surface area contributed by atoms with Gasteiger partial charge in [0.15, 0.2) is 26.9 Å². The van der Waals surface area contributed by atoms with Crippen LogP contribution < -0.4 is 9.47 Å². The first-order valence-corrected chi connectivity index (χ1v) is 13.4. The fourth-order valence-electron chi connectivity index (χ4n) is 3.84. The molecule has 4 rings (SSSR count). The minimum absolute atomic E-state index is 0.368. The number of rotatable bonds is 10. The van der Waals surface area contributed by atoms with E-state index >= 15 is 0 Å². The first-order valence-electron chi connectivity index (χ1n) is 12.2. The molecule has 10 heteroatoms. The summed E-state index contributed by atoms with van der Waals surface area (Å²) in [7, 11) is -0.659. The average Bonchev–Trinajstić information content (AvgIpc) is 2.94. The van der Waals surface area contributed by atoms with Gasteiger partial charge in [0.2, 0.25) is 0 Å². The second-order valence-electron chi connectivity index (χ2n) is 8.83. The van der Waals surface area contributed by atoms with E-state index in [2.05, 4.69) is 11.3 Å². The molecule has 0 heterocycles. The van der Waals surface area contributed by atoms with Crippen LogP contribution >= 0.6 is 0 Å². The highest BCUT2D eigenvalue weighted by Gasteiger charge is 2.32. The van der Waals surface area contributed by atoms with Crippen LogP contribution in [0.1, 0.15) is 12.5 Å². The number of hydrogen-bond donors (Lipinski definition) is 0. The highest BCUT2D eigenvalue weighted by Crippen LogP contribution is 2.33. The largest absolute Gasteiger partial charge is 0.573 e. The SMILES string of the molecule is C=CC(C)(OC(=O)COc1ccc([S+](c2ccc(F)cc2)c2ccc(F)cc2)cc1)c1ccc(OC(F)(F)F)cc1. The Morgan fingerprint density at radius 1 is 0.756 bits per heavy atom. The van der Waals surface area contributed by atoms with Gasteiger partial charge >= 0.3 is 12.3 Å². The quantitative estimate of drug-likeness (QED) is 0.0817. The van der Waals surface area contributed by atoms with Gasteiger partial charge in [-0.05, 0) is 103 Å². The van der Waals surface area contributed by atoms with E-state index in [0.29, 0.717) is 11.3 Å².